The second-order valence-corrected chi connectivity index (χ2v) is 6.11. The molecule has 1 unspecified atom stereocenters. The van der Waals surface area contributed by atoms with E-state index in [9.17, 15) is 4.79 Å². The minimum absolute atomic E-state index is 0.106. The predicted molar refractivity (Wildman–Crippen MR) is 92.2 cm³/mol. The molecule has 1 heterocycles. The molecule has 6 heteroatoms. The summed E-state index contributed by atoms with van der Waals surface area (Å²) < 4.78 is 16.5. The maximum Gasteiger partial charge on any atom is 0.256 e. The lowest BCUT2D eigenvalue weighted by molar-refractivity contribution is -0.142. The van der Waals surface area contributed by atoms with Gasteiger partial charge in [0.15, 0.2) is 0 Å². The normalized spacial score (nSPS) is 16.5. The molecule has 1 aliphatic rings. The third-order valence-electron chi connectivity index (χ3n) is 4.09. The van der Waals surface area contributed by atoms with E-state index in [0.29, 0.717) is 43.9 Å². The minimum atomic E-state index is -0.761. The maximum atomic E-state index is 12.6. The van der Waals surface area contributed by atoms with Crippen molar-refractivity contribution < 1.29 is 19.0 Å². The molecule has 1 N–H and O–H groups in total. The summed E-state index contributed by atoms with van der Waals surface area (Å²) in [6, 6.07) is 3.52. The van der Waals surface area contributed by atoms with Crippen LogP contribution in [0, 0.1) is 5.92 Å². The number of carbonyl (C=O) groups excluding carboxylic acids is 1. The molecule has 1 aliphatic carbocycles. The smallest absolute Gasteiger partial charge is 0.256 e. The fraction of sp³-hybridized carbons (Fsp3) is 0.667. The van der Waals surface area contributed by atoms with Crippen LogP contribution in [0.3, 0.4) is 0 Å². The molecule has 0 spiro atoms. The third-order valence-corrected chi connectivity index (χ3v) is 4.09. The van der Waals surface area contributed by atoms with Crippen LogP contribution in [-0.4, -0.2) is 42.9 Å². The van der Waals surface area contributed by atoms with E-state index in [4.69, 9.17) is 14.2 Å². The van der Waals surface area contributed by atoms with Crippen molar-refractivity contribution in [1.29, 1.82) is 0 Å². The molecule has 1 saturated carbocycles. The molecule has 0 aromatic carbocycles. The standard InChI is InChI=1S/C18H28N2O4/c1-4-10-24-18(3,14-6-7-14)17(21)20-15-8-9-16(19-13-15)23-12-11-22-5-2/h8-9,13-14H,4-7,10-12H2,1-3H3,(H,20,21). The minimum Gasteiger partial charge on any atom is -0.475 e. The van der Waals surface area contributed by atoms with Gasteiger partial charge in [-0.2, -0.15) is 0 Å². The summed E-state index contributed by atoms with van der Waals surface area (Å²) in [6.45, 7) is 8.11. The molecule has 1 amide bonds. The van der Waals surface area contributed by atoms with Crippen molar-refractivity contribution in [3.63, 3.8) is 0 Å². The number of carbonyl (C=O) groups is 1. The summed E-state index contributed by atoms with van der Waals surface area (Å²) in [7, 11) is 0. The Bertz CT molecular complexity index is 516. The monoisotopic (exact) mass is 336 g/mol. The highest BCUT2D eigenvalue weighted by Crippen LogP contribution is 2.42. The molecule has 24 heavy (non-hydrogen) atoms. The van der Waals surface area contributed by atoms with Gasteiger partial charge in [0, 0.05) is 19.3 Å². The molecule has 134 valence electrons. The molecule has 0 saturated heterocycles. The van der Waals surface area contributed by atoms with Crippen molar-refractivity contribution in [1.82, 2.24) is 4.98 Å². The quantitative estimate of drug-likeness (QED) is 0.629. The van der Waals surface area contributed by atoms with E-state index >= 15 is 0 Å². The first-order valence-corrected chi connectivity index (χ1v) is 8.72. The van der Waals surface area contributed by atoms with Crippen LogP contribution in [0.4, 0.5) is 5.69 Å². The van der Waals surface area contributed by atoms with Crippen molar-refractivity contribution in [2.24, 2.45) is 5.92 Å². The van der Waals surface area contributed by atoms with E-state index in [2.05, 4.69) is 10.3 Å². The summed E-state index contributed by atoms with van der Waals surface area (Å²) in [5.74, 6) is 0.711. The lowest BCUT2D eigenvalue weighted by Gasteiger charge is -2.28. The number of pyridine rings is 1. The van der Waals surface area contributed by atoms with Gasteiger partial charge in [-0.3, -0.25) is 4.79 Å². The van der Waals surface area contributed by atoms with Gasteiger partial charge in [0.1, 0.15) is 12.2 Å². The Labute approximate surface area is 143 Å². The number of hydrogen-bond donors (Lipinski definition) is 1. The number of aromatic nitrogens is 1. The Morgan fingerprint density at radius 2 is 2.08 bits per heavy atom. The van der Waals surface area contributed by atoms with Crippen LogP contribution in [-0.2, 0) is 14.3 Å². The van der Waals surface area contributed by atoms with E-state index in [0.717, 1.165) is 19.3 Å². The first kappa shape index (κ1) is 18.7. The number of nitrogens with zero attached hydrogens (tertiary/aromatic N) is 1. The van der Waals surface area contributed by atoms with E-state index in [1.54, 1.807) is 18.3 Å². The number of rotatable bonds is 11. The highest BCUT2D eigenvalue weighted by Gasteiger charge is 2.48. The van der Waals surface area contributed by atoms with Crippen LogP contribution in [0.5, 0.6) is 5.88 Å². The number of anilines is 1. The Hall–Kier alpha value is -1.66. The van der Waals surface area contributed by atoms with Crippen LogP contribution < -0.4 is 10.1 Å². The molecule has 1 aromatic heterocycles. The number of hydrogen-bond acceptors (Lipinski definition) is 5. The highest BCUT2D eigenvalue weighted by atomic mass is 16.5. The number of amides is 1. The molecule has 0 bridgehead atoms. The SMILES string of the molecule is CCCOC(C)(C(=O)Nc1ccc(OCCOCC)nc1)C1CC1. The molecule has 1 atom stereocenters. The van der Waals surface area contributed by atoms with Gasteiger partial charge in [0.2, 0.25) is 5.88 Å². The molecular weight excluding hydrogens is 308 g/mol. The summed E-state index contributed by atoms with van der Waals surface area (Å²) in [5, 5.41) is 2.91. The summed E-state index contributed by atoms with van der Waals surface area (Å²) >= 11 is 0. The average molecular weight is 336 g/mol. The molecule has 1 fully saturated rings. The summed E-state index contributed by atoms with van der Waals surface area (Å²) in [6.07, 6.45) is 4.57. The van der Waals surface area contributed by atoms with Gasteiger partial charge in [-0.25, -0.2) is 4.98 Å². The second kappa shape index (κ2) is 8.99. The van der Waals surface area contributed by atoms with Crippen molar-refractivity contribution in [3.8, 4) is 5.88 Å². The zero-order chi connectivity index (χ0) is 17.4. The number of ether oxygens (including phenoxy) is 3. The van der Waals surface area contributed by atoms with E-state index in [1.165, 1.54) is 0 Å². The third kappa shape index (κ3) is 5.18. The zero-order valence-corrected chi connectivity index (χ0v) is 14.8. The lowest BCUT2D eigenvalue weighted by Crippen LogP contribution is -2.45. The molecule has 2 rings (SSSR count). The van der Waals surface area contributed by atoms with Crippen LogP contribution in [0.2, 0.25) is 0 Å². The van der Waals surface area contributed by atoms with Crippen LogP contribution in [0.1, 0.15) is 40.0 Å². The van der Waals surface area contributed by atoms with E-state index in [-0.39, 0.29) is 5.91 Å². The molecule has 0 aliphatic heterocycles. The molecule has 0 radical (unpaired) electrons. The Morgan fingerprint density at radius 1 is 1.29 bits per heavy atom. The summed E-state index contributed by atoms with van der Waals surface area (Å²) in [5.41, 5.74) is -0.119. The topological polar surface area (TPSA) is 69.7 Å². The first-order chi connectivity index (χ1) is 11.6. The Morgan fingerprint density at radius 3 is 2.67 bits per heavy atom. The highest BCUT2D eigenvalue weighted by molar-refractivity contribution is 5.97. The lowest BCUT2D eigenvalue weighted by atomic mass is 9.99. The van der Waals surface area contributed by atoms with Crippen molar-refractivity contribution in [3.05, 3.63) is 18.3 Å². The Balaban J connectivity index is 1.88. The van der Waals surface area contributed by atoms with Crippen LogP contribution in [0.15, 0.2) is 18.3 Å². The zero-order valence-electron chi connectivity index (χ0n) is 14.8. The fourth-order valence-corrected chi connectivity index (χ4v) is 2.46. The fourth-order valence-electron chi connectivity index (χ4n) is 2.46. The van der Waals surface area contributed by atoms with Gasteiger partial charge in [0.25, 0.3) is 5.91 Å². The molecule has 1 aromatic rings. The van der Waals surface area contributed by atoms with Gasteiger partial charge >= 0.3 is 0 Å². The van der Waals surface area contributed by atoms with Gasteiger partial charge in [-0.15, -0.1) is 0 Å². The van der Waals surface area contributed by atoms with Gasteiger partial charge in [-0.05, 0) is 45.1 Å². The van der Waals surface area contributed by atoms with Crippen LogP contribution in [0.25, 0.3) is 0 Å². The largest absolute Gasteiger partial charge is 0.475 e. The van der Waals surface area contributed by atoms with E-state index < -0.39 is 5.60 Å². The predicted octanol–water partition coefficient (Wildman–Crippen LogP) is 3.03. The number of nitrogens with one attached hydrogen (secondary N) is 1. The molecular formula is C18H28N2O4. The summed E-state index contributed by atoms with van der Waals surface area (Å²) in [4.78, 5) is 16.8. The van der Waals surface area contributed by atoms with Crippen molar-refractivity contribution in [2.45, 2.75) is 45.6 Å². The maximum absolute atomic E-state index is 12.6. The second-order valence-electron chi connectivity index (χ2n) is 6.11. The first-order valence-electron chi connectivity index (χ1n) is 8.72. The van der Waals surface area contributed by atoms with Gasteiger partial charge < -0.3 is 19.5 Å². The van der Waals surface area contributed by atoms with Crippen molar-refractivity contribution >= 4 is 11.6 Å². The van der Waals surface area contributed by atoms with Crippen molar-refractivity contribution in [2.75, 3.05) is 31.7 Å². The van der Waals surface area contributed by atoms with E-state index in [1.807, 2.05) is 20.8 Å². The molecule has 6 nitrogen and oxygen atoms in total. The Kier molecular flexibility index (Phi) is 6.99. The van der Waals surface area contributed by atoms with Gasteiger partial charge in [-0.1, -0.05) is 6.92 Å². The average Bonchev–Trinajstić information content (AvgIpc) is 3.43. The van der Waals surface area contributed by atoms with Crippen LogP contribution >= 0.6 is 0 Å². The van der Waals surface area contributed by atoms with Gasteiger partial charge in [0.05, 0.1) is 18.5 Å².